The number of hydrogen-bond donors (Lipinski definition) is 1. The van der Waals surface area contributed by atoms with Crippen LogP contribution in [0.2, 0.25) is 0 Å². The minimum Gasteiger partial charge on any atom is -0.333 e. The van der Waals surface area contributed by atoms with E-state index in [4.69, 9.17) is 0 Å². The van der Waals surface area contributed by atoms with Gasteiger partial charge in [0.05, 0.1) is 9.82 Å². The molecular formula is C14H20ClN3O5S. The molecule has 1 heterocycles. The summed E-state index contributed by atoms with van der Waals surface area (Å²) in [6.45, 7) is 4.90. The lowest BCUT2D eigenvalue weighted by Gasteiger charge is -2.38. The summed E-state index contributed by atoms with van der Waals surface area (Å²) >= 11 is 0. The van der Waals surface area contributed by atoms with E-state index in [0.717, 1.165) is 18.4 Å². The first-order valence-corrected chi connectivity index (χ1v) is 9.04. The van der Waals surface area contributed by atoms with Gasteiger partial charge in [-0.3, -0.25) is 14.9 Å². The lowest BCUT2D eigenvalue weighted by molar-refractivity contribution is -0.385. The number of rotatable bonds is 3. The Morgan fingerprint density at radius 1 is 1.33 bits per heavy atom. The molecule has 1 N–H and O–H groups in total. The van der Waals surface area contributed by atoms with Crippen molar-refractivity contribution < 1.29 is 18.1 Å². The number of piperazine rings is 1. The molecule has 0 saturated carbocycles. The molecule has 0 bridgehead atoms. The Balaban J connectivity index is 0.00000288. The fraction of sp³-hybridized carbons (Fsp3) is 0.500. The summed E-state index contributed by atoms with van der Waals surface area (Å²) in [5.41, 5.74) is -0.396. The number of non-ortho nitro benzene ring substituents is 1. The van der Waals surface area contributed by atoms with Crippen LogP contribution in [-0.2, 0) is 9.84 Å². The smallest absolute Gasteiger partial charge is 0.271 e. The van der Waals surface area contributed by atoms with Gasteiger partial charge < -0.3 is 10.2 Å². The molecule has 2 rings (SSSR count). The number of benzene rings is 1. The van der Waals surface area contributed by atoms with Crippen molar-refractivity contribution in [1.29, 1.82) is 0 Å². The number of nitrogens with one attached hydrogen (secondary N) is 1. The molecule has 1 amide bonds. The Hall–Kier alpha value is -1.71. The van der Waals surface area contributed by atoms with Gasteiger partial charge in [0.1, 0.15) is 0 Å². The maximum absolute atomic E-state index is 12.7. The van der Waals surface area contributed by atoms with Gasteiger partial charge in [0.2, 0.25) is 0 Å². The topological polar surface area (TPSA) is 110 Å². The Morgan fingerprint density at radius 3 is 2.50 bits per heavy atom. The molecule has 0 aliphatic carbocycles. The highest BCUT2D eigenvalue weighted by molar-refractivity contribution is 7.90. The van der Waals surface area contributed by atoms with E-state index in [0.29, 0.717) is 13.1 Å². The van der Waals surface area contributed by atoms with Crippen LogP contribution in [0.4, 0.5) is 5.69 Å². The molecule has 2 atom stereocenters. The summed E-state index contributed by atoms with van der Waals surface area (Å²) in [6, 6.07) is 3.27. The summed E-state index contributed by atoms with van der Waals surface area (Å²) in [7, 11) is -3.66. The number of sulfone groups is 1. The largest absolute Gasteiger partial charge is 0.333 e. The maximum atomic E-state index is 12.7. The molecule has 134 valence electrons. The molecule has 1 aromatic carbocycles. The Morgan fingerprint density at radius 2 is 1.96 bits per heavy atom. The zero-order valence-corrected chi connectivity index (χ0v) is 15.2. The highest BCUT2D eigenvalue weighted by atomic mass is 35.5. The molecule has 0 spiro atoms. The fourth-order valence-electron chi connectivity index (χ4n) is 2.54. The predicted octanol–water partition coefficient (Wildman–Crippen LogP) is 1.24. The Labute approximate surface area is 146 Å². The number of nitro groups is 1. The molecule has 1 aliphatic rings. The number of nitro benzene ring substituents is 1. The molecule has 24 heavy (non-hydrogen) atoms. The zero-order chi connectivity index (χ0) is 17.4. The van der Waals surface area contributed by atoms with Gasteiger partial charge >= 0.3 is 0 Å². The fourth-order valence-corrected chi connectivity index (χ4v) is 3.21. The number of carbonyl (C=O) groups is 1. The van der Waals surface area contributed by atoms with E-state index in [-0.39, 0.29) is 34.9 Å². The molecule has 1 fully saturated rings. The van der Waals surface area contributed by atoms with Crippen LogP contribution in [0.15, 0.2) is 23.1 Å². The third-order valence-corrected chi connectivity index (χ3v) is 5.16. The molecule has 1 aliphatic heterocycles. The van der Waals surface area contributed by atoms with E-state index in [1.807, 2.05) is 13.8 Å². The van der Waals surface area contributed by atoms with Gasteiger partial charge in [-0.05, 0) is 19.9 Å². The highest BCUT2D eigenvalue weighted by Gasteiger charge is 2.30. The van der Waals surface area contributed by atoms with Crippen molar-refractivity contribution in [3.63, 3.8) is 0 Å². The summed E-state index contributed by atoms with van der Waals surface area (Å²) in [4.78, 5) is 24.4. The van der Waals surface area contributed by atoms with Gasteiger partial charge in [-0.15, -0.1) is 12.4 Å². The second-order valence-electron chi connectivity index (χ2n) is 5.73. The van der Waals surface area contributed by atoms with Crippen LogP contribution in [0.25, 0.3) is 0 Å². The quantitative estimate of drug-likeness (QED) is 0.627. The van der Waals surface area contributed by atoms with E-state index in [1.165, 1.54) is 6.07 Å². The van der Waals surface area contributed by atoms with E-state index >= 15 is 0 Å². The first kappa shape index (κ1) is 20.3. The summed E-state index contributed by atoms with van der Waals surface area (Å²) in [5.74, 6) is -0.403. The second kappa shape index (κ2) is 7.45. The third kappa shape index (κ3) is 4.22. The highest BCUT2D eigenvalue weighted by Crippen LogP contribution is 2.23. The minimum atomic E-state index is -3.66. The molecular weight excluding hydrogens is 358 g/mol. The van der Waals surface area contributed by atoms with Crippen LogP contribution in [0, 0.1) is 10.1 Å². The van der Waals surface area contributed by atoms with Crippen molar-refractivity contribution in [2.45, 2.75) is 30.8 Å². The average molecular weight is 378 g/mol. The molecule has 0 aromatic heterocycles. The number of halogens is 1. The van der Waals surface area contributed by atoms with Crippen LogP contribution in [0.3, 0.4) is 0 Å². The van der Waals surface area contributed by atoms with Crippen LogP contribution in [0.5, 0.6) is 0 Å². The molecule has 1 saturated heterocycles. The van der Waals surface area contributed by atoms with Gasteiger partial charge in [0.25, 0.3) is 11.6 Å². The van der Waals surface area contributed by atoms with Gasteiger partial charge in [-0.25, -0.2) is 8.42 Å². The molecule has 2 unspecified atom stereocenters. The predicted molar refractivity (Wildman–Crippen MR) is 91.4 cm³/mol. The Kier molecular flexibility index (Phi) is 6.32. The van der Waals surface area contributed by atoms with E-state index in [2.05, 4.69) is 5.32 Å². The number of nitrogens with zero attached hydrogens (tertiary/aromatic N) is 2. The number of hydrogen-bond acceptors (Lipinski definition) is 6. The van der Waals surface area contributed by atoms with Crippen molar-refractivity contribution in [3.05, 3.63) is 33.9 Å². The van der Waals surface area contributed by atoms with Gasteiger partial charge in [-0.2, -0.15) is 0 Å². The van der Waals surface area contributed by atoms with Crippen LogP contribution in [0.1, 0.15) is 24.2 Å². The van der Waals surface area contributed by atoms with Crippen molar-refractivity contribution in [1.82, 2.24) is 10.2 Å². The monoisotopic (exact) mass is 377 g/mol. The standard InChI is InChI=1S/C14H19N3O5S.ClH/c1-9-10(2)16(5-4-15-9)14(18)11-6-12(17(19)20)8-13(7-11)23(3,21)22;/h6-10,15H,4-5H2,1-3H3;1H. The minimum absolute atomic E-state index is 0. The third-order valence-electron chi connectivity index (χ3n) is 4.07. The van der Waals surface area contributed by atoms with E-state index in [1.54, 1.807) is 4.90 Å². The van der Waals surface area contributed by atoms with Crippen LogP contribution < -0.4 is 5.32 Å². The van der Waals surface area contributed by atoms with E-state index in [9.17, 15) is 23.3 Å². The summed E-state index contributed by atoms with van der Waals surface area (Å²) in [5, 5.41) is 14.3. The molecule has 1 aromatic rings. The summed E-state index contributed by atoms with van der Waals surface area (Å²) in [6.07, 6.45) is 0.954. The van der Waals surface area contributed by atoms with Crippen LogP contribution in [-0.4, -0.2) is 55.6 Å². The molecule has 8 nitrogen and oxygen atoms in total. The van der Waals surface area contributed by atoms with Crippen molar-refractivity contribution in [3.8, 4) is 0 Å². The van der Waals surface area contributed by atoms with E-state index < -0.39 is 26.4 Å². The lowest BCUT2D eigenvalue weighted by atomic mass is 10.1. The first-order chi connectivity index (χ1) is 10.6. The van der Waals surface area contributed by atoms with Crippen molar-refractivity contribution >= 4 is 33.8 Å². The van der Waals surface area contributed by atoms with Crippen molar-refractivity contribution in [2.75, 3.05) is 19.3 Å². The number of carbonyl (C=O) groups excluding carboxylic acids is 1. The Bertz CT molecular complexity index is 753. The van der Waals surface area contributed by atoms with Crippen molar-refractivity contribution in [2.24, 2.45) is 0 Å². The second-order valence-corrected chi connectivity index (χ2v) is 7.74. The molecule has 0 radical (unpaired) electrons. The van der Waals surface area contributed by atoms with Gasteiger partial charge in [-0.1, -0.05) is 0 Å². The normalized spacial score (nSPS) is 21.0. The molecule has 10 heteroatoms. The zero-order valence-electron chi connectivity index (χ0n) is 13.6. The SMILES string of the molecule is CC1NCCN(C(=O)c2cc([N+](=O)[O-])cc(S(C)(=O)=O)c2)C1C.Cl. The van der Waals surface area contributed by atoms with Gasteiger partial charge in [0.15, 0.2) is 9.84 Å². The summed E-state index contributed by atoms with van der Waals surface area (Å²) < 4.78 is 23.4. The average Bonchev–Trinajstić information content (AvgIpc) is 2.48. The lowest BCUT2D eigenvalue weighted by Crippen LogP contribution is -2.57. The number of amides is 1. The first-order valence-electron chi connectivity index (χ1n) is 7.15. The maximum Gasteiger partial charge on any atom is 0.271 e. The van der Waals surface area contributed by atoms with Gasteiger partial charge in [0, 0.05) is 49.1 Å². The van der Waals surface area contributed by atoms with Crippen LogP contribution >= 0.6 is 12.4 Å².